The summed E-state index contributed by atoms with van der Waals surface area (Å²) in [5.41, 5.74) is 4.68. The van der Waals surface area contributed by atoms with E-state index < -0.39 is 11.9 Å². The normalized spacial score (nSPS) is 10.5. The Bertz CT molecular complexity index is 353. The summed E-state index contributed by atoms with van der Waals surface area (Å²) in [4.78, 5) is 22.0. The van der Waals surface area contributed by atoms with E-state index in [1.165, 1.54) is 77.0 Å². The predicted molar refractivity (Wildman–Crippen MR) is 99.6 cm³/mol. The van der Waals surface area contributed by atoms with Gasteiger partial charge in [-0.2, -0.15) is 0 Å². The predicted octanol–water partition coefficient (Wildman–Crippen LogP) is 5.05. The Labute approximate surface area is 148 Å². The standard InChI is InChI=1S/C20H37NO3/c1-3-4-5-6-7-8-9-10-11-12-13-14-15-16-17-24-20(23)18(2)19(21)22/h2-17H2,1H3,(H2,21,22). The van der Waals surface area contributed by atoms with Gasteiger partial charge < -0.3 is 10.5 Å². The largest absolute Gasteiger partial charge is 0.462 e. The van der Waals surface area contributed by atoms with E-state index >= 15 is 0 Å². The molecule has 0 saturated carbocycles. The fourth-order valence-corrected chi connectivity index (χ4v) is 2.65. The first kappa shape index (κ1) is 22.7. The van der Waals surface area contributed by atoms with Crippen molar-refractivity contribution >= 4 is 11.9 Å². The minimum Gasteiger partial charge on any atom is -0.462 e. The molecule has 0 aliphatic heterocycles. The molecule has 4 nitrogen and oxygen atoms in total. The lowest BCUT2D eigenvalue weighted by atomic mass is 10.0. The van der Waals surface area contributed by atoms with Crippen molar-refractivity contribution in [3.63, 3.8) is 0 Å². The number of ether oxygens (including phenoxy) is 1. The third-order valence-corrected chi connectivity index (χ3v) is 4.27. The first-order valence-electron chi connectivity index (χ1n) is 9.75. The van der Waals surface area contributed by atoms with Crippen molar-refractivity contribution in [2.24, 2.45) is 5.73 Å². The van der Waals surface area contributed by atoms with Crippen LogP contribution in [0.3, 0.4) is 0 Å². The SMILES string of the molecule is C=C(C(N)=O)C(=O)OCCCCCCCCCCCCCCCC. The highest BCUT2D eigenvalue weighted by Gasteiger charge is 2.13. The van der Waals surface area contributed by atoms with E-state index in [1.54, 1.807) is 0 Å². The van der Waals surface area contributed by atoms with Crippen LogP contribution >= 0.6 is 0 Å². The molecule has 0 fully saturated rings. The zero-order valence-corrected chi connectivity index (χ0v) is 15.6. The number of unbranched alkanes of at least 4 members (excludes halogenated alkanes) is 13. The minimum atomic E-state index is -0.819. The minimum absolute atomic E-state index is 0.277. The Morgan fingerprint density at radius 2 is 1.12 bits per heavy atom. The maximum atomic E-state index is 11.3. The lowest BCUT2D eigenvalue weighted by Gasteiger charge is -2.05. The van der Waals surface area contributed by atoms with E-state index in [0.717, 1.165) is 12.8 Å². The molecule has 0 radical (unpaired) electrons. The van der Waals surface area contributed by atoms with Crippen molar-refractivity contribution in [2.75, 3.05) is 6.61 Å². The van der Waals surface area contributed by atoms with Crippen LogP contribution in [0.15, 0.2) is 12.2 Å². The number of esters is 1. The van der Waals surface area contributed by atoms with Gasteiger partial charge in [-0.25, -0.2) is 4.79 Å². The summed E-state index contributed by atoms with van der Waals surface area (Å²) >= 11 is 0. The number of amides is 1. The molecule has 1 amide bonds. The fourth-order valence-electron chi connectivity index (χ4n) is 2.65. The molecular formula is C20H37NO3. The molecule has 2 N–H and O–H groups in total. The highest BCUT2D eigenvalue weighted by molar-refractivity contribution is 6.15. The molecule has 0 atom stereocenters. The van der Waals surface area contributed by atoms with Gasteiger partial charge in [0.25, 0.3) is 5.91 Å². The molecule has 24 heavy (non-hydrogen) atoms. The zero-order chi connectivity index (χ0) is 18.0. The second kappa shape index (κ2) is 16.5. The quantitative estimate of drug-likeness (QED) is 0.132. The molecule has 0 aromatic heterocycles. The number of carbonyl (C=O) groups is 2. The van der Waals surface area contributed by atoms with Crippen molar-refractivity contribution in [3.8, 4) is 0 Å². The summed E-state index contributed by atoms with van der Waals surface area (Å²) in [5, 5.41) is 0. The summed E-state index contributed by atoms with van der Waals surface area (Å²) in [6.07, 6.45) is 18.0. The number of hydrogen-bond acceptors (Lipinski definition) is 3. The van der Waals surface area contributed by atoms with E-state index in [0.29, 0.717) is 6.61 Å². The van der Waals surface area contributed by atoms with Crippen molar-refractivity contribution in [2.45, 2.75) is 96.8 Å². The maximum absolute atomic E-state index is 11.3. The third kappa shape index (κ3) is 14.3. The van der Waals surface area contributed by atoms with E-state index in [-0.39, 0.29) is 5.57 Å². The number of primary amides is 1. The van der Waals surface area contributed by atoms with Gasteiger partial charge in [0.15, 0.2) is 0 Å². The van der Waals surface area contributed by atoms with E-state index in [9.17, 15) is 9.59 Å². The molecule has 0 spiro atoms. The Kier molecular flexibility index (Phi) is 15.6. The van der Waals surface area contributed by atoms with Crippen LogP contribution in [0.5, 0.6) is 0 Å². The van der Waals surface area contributed by atoms with Crippen LogP contribution in [-0.2, 0) is 14.3 Å². The van der Waals surface area contributed by atoms with Gasteiger partial charge in [0.05, 0.1) is 6.61 Å². The third-order valence-electron chi connectivity index (χ3n) is 4.27. The molecule has 0 aromatic carbocycles. The second-order valence-electron chi connectivity index (χ2n) is 6.57. The van der Waals surface area contributed by atoms with Crippen LogP contribution in [-0.4, -0.2) is 18.5 Å². The second-order valence-corrected chi connectivity index (χ2v) is 6.57. The van der Waals surface area contributed by atoms with Gasteiger partial charge in [0.1, 0.15) is 5.57 Å². The first-order chi connectivity index (χ1) is 11.6. The van der Waals surface area contributed by atoms with Crippen LogP contribution in [0.4, 0.5) is 0 Å². The van der Waals surface area contributed by atoms with Crippen molar-refractivity contribution in [1.29, 1.82) is 0 Å². The Hall–Kier alpha value is -1.32. The van der Waals surface area contributed by atoms with E-state index in [1.807, 2.05) is 0 Å². The molecule has 0 aromatic rings. The summed E-state index contributed by atoms with van der Waals surface area (Å²) in [7, 11) is 0. The van der Waals surface area contributed by atoms with Crippen molar-refractivity contribution in [3.05, 3.63) is 12.2 Å². The van der Waals surface area contributed by atoms with Gasteiger partial charge >= 0.3 is 5.97 Å². The number of hydrogen-bond donors (Lipinski definition) is 1. The average Bonchev–Trinajstić information content (AvgIpc) is 2.57. The Morgan fingerprint density at radius 1 is 0.750 bits per heavy atom. The Morgan fingerprint density at radius 3 is 1.50 bits per heavy atom. The smallest absolute Gasteiger partial charge is 0.343 e. The first-order valence-corrected chi connectivity index (χ1v) is 9.75. The summed E-state index contributed by atoms with van der Waals surface area (Å²) < 4.78 is 4.93. The van der Waals surface area contributed by atoms with Gasteiger partial charge in [-0.1, -0.05) is 97.0 Å². The van der Waals surface area contributed by atoms with Gasteiger partial charge in [-0.15, -0.1) is 0 Å². The maximum Gasteiger partial charge on any atom is 0.343 e. The molecule has 0 rings (SSSR count). The molecule has 0 aliphatic rings. The average molecular weight is 340 g/mol. The van der Waals surface area contributed by atoms with Gasteiger partial charge in [-0.3, -0.25) is 4.79 Å². The van der Waals surface area contributed by atoms with E-state index in [2.05, 4.69) is 13.5 Å². The fraction of sp³-hybridized carbons (Fsp3) is 0.800. The van der Waals surface area contributed by atoms with Crippen LogP contribution in [0, 0.1) is 0 Å². The van der Waals surface area contributed by atoms with Crippen LogP contribution in [0.25, 0.3) is 0 Å². The summed E-state index contributed by atoms with van der Waals surface area (Å²) in [6.45, 7) is 5.89. The molecular weight excluding hydrogens is 302 g/mol. The Balaban J connectivity index is 3.19. The van der Waals surface area contributed by atoms with E-state index in [4.69, 9.17) is 10.5 Å². The number of rotatable bonds is 17. The molecule has 0 saturated heterocycles. The molecule has 140 valence electrons. The van der Waals surface area contributed by atoms with Gasteiger partial charge in [0, 0.05) is 0 Å². The van der Waals surface area contributed by atoms with Crippen LogP contribution < -0.4 is 5.73 Å². The topological polar surface area (TPSA) is 69.4 Å². The molecule has 0 aliphatic carbocycles. The highest BCUT2D eigenvalue weighted by Crippen LogP contribution is 2.13. The monoisotopic (exact) mass is 339 g/mol. The molecule has 0 unspecified atom stereocenters. The number of carbonyl (C=O) groups excluding carboxylic acids is 2. The summed E-state index contributed by atoms with van der Waals surface area (Å²) in [5.74, 6) is -1.52. The van der Waals surface area contributed by atoms with Crippen molar-refractivity contribution < 1.29 is 14.3 Å². The van der Waals surface area contributed by atoms with Crippen LogP contribution in [0.2, 0.25) is 0 Å². The molecule has 0 heterocycles. The van der Waals surface area contributed by atoms with Gasteiger partial charge in [0.2, 0.25) is 0 Å². The van der Waals surface area contributed by atoms with Crippen molar-refractivity contribution in [1.82, 2.24) is 0 Å². The lowest BCUT2D eigenvalue weighted by Crippen LogP contribution is -2.21. The lowest BCUT2D eigenvalue weighted by molar-refractivity contribution is -0.140. The number of nitrogens with two attached hydrogens (primary N) is 1. The van der Waals surface area contributed by atoms with Crippen LogP contribution in [0.1, 0.15) is 96.8 Å². The summed E-state index contributed by atoms with van der Waals surface area (Å²) in [6, 6.07) is 0. The zero-order valence-electron chi connectivity index (χ0n) is 15.6. The highest BCUT2D eigenvalue weighted by atomic mass is 16.5. The molecule has 0 bridgehead atoms. The van der Waals surface area contributed by atoms with Gasteiger partial charge in [-0.05, 0) is 6.42 Å². The molecule has 4 heteroatoms.